The number of likely N-dealkylation sites (tertiary alicyclic amines) is 1. The highest BCUT2D eigenvalue weighted by atomic mass is 32.1. The molecule has 100 valence electrons. The number of rotatable bonds is 4. The number of aliphatic hydroxyl groups is 1. The number of carbonyl (C=O) groups is 1. The number of aryl methyl sites for hydroxylation is 1. The second-order valence-corrected chi connectivity index (χ2v) is 6.48. The highest BCUT2D eigenvalue weighted by molar-refractivity contribution is 7.14. The third-order valence-electron chi connectivity index (χ3n) is 3.59. The summed E-state index contributed by atoms with van der Waals surface area (Å²) >= 11 is 1.60. The molecular formula is C14H21NO2S. The summed E-state index contributed by atoms with van der Waals surface area (Å²) in [5, 5.41) is 9.87. The predicted molar refractivity (Wildman–Crippen MR) is 74.3 cm³/mol. The van der Waals surface area contributed by atoms with Gasteiger partial charge in [0.15, 0.2) is 5.78 Å². The average Bonchev–Trinajstić information content (AvgIpc) is 2.80. The van der Waals surface area contributed by atoms with E-state index in [9.17, 15) is 9.90 Å². The van der Waals surface area contributed by atoms with Crippen LogP contribution >= 0.6 is 11.3 Å². The van der Waals surface area contributed by atoms with Gasteiger partial charge in [-0.3, -0.25) is 9.69 Å². The van der Waals surface area contributed by atoms with Crippen molar-refractivity contribution in [1.82, 2.24) is 4.90 Å². The van der Waals surface area contributed by atoms with Crippen LogP contribution in [0.3, 0.4) is 0 Å². The van der Waals surface area contributed by atoms with Crippen molar-refractivity contribution < 1.29 is 9.90 Å². The van der Waals surface area contributed by atoms with Gasteiger partial charge < -0.3 is 5.11 Å². The topological polar surface area (TPSA) is 40.5 Å². The lowest BCUT2D eigenvalue weighted by Crippen LogP contribution is -2.44. The molecule has 1 aromatic rings. The Kier molecular flexibility index (Phi) is 4.20. The molecule has 1 N–H and O–H groups in total. The number of nitrogens with zero attached hydrogens (tertiary/aromatic N) is 1. The Morgan fingerprint density at radius 3 is 2.67 bits per heavy atom. The zero-order valence-electron chi connectivity index (χ0n) is 11.1. The van der Waals surface area contributed by atoms with Crippen LogP contribution in [0.2, 0.25) is 0 Å². The van der Waals surface area contributed by atoms with E-state index in [4.69, 9.17) is 0 Å². The molecule has 0 aromatic carbocycles. The Bertz CT molecular complexity index is 415. The SMILES string of the molecule is CCc1ccc(C(=O)CN2CCC(C)(O)CC2)s1. The Hall–Kier alpha value is -0.710. The monoisotopic (exact) mass is 267 g/mol. The van der Waals surface area contributed by atoms with Gasteiger partial charge in [-0.05, 0) is 38.3 Å². The standard InChI is InChI=1S/C14H21NO2S/c1-3-11-4-5-13(18-11)12(16)10-15-8-6-14(2,17)7-9-15/h4-5,17H,3,6-10H2,1-2H3. The van der Waals surface area contributed by atoms with Crippen LogP contribution in [0, 0.1) is 0 Å². The Labute approximate surface area is 112 Å². The van der Waals surface area contributed by atoms with Gasteiger partial charge in [-0.25, -0.2) is 0 Å². The first-order chi connectivity index (χ1) is 8.50. The van der Waals surface area contributed by atoms with Crippen molar-refractivity contribution in [3.05, 3.63) is 21.9 Å². The second kappa shape index (κ2) is 5.51. The minimum absolute atomic E-state index is 0.209. The summed E-state index contributed by atoms with van der Waals surface area (Å²) in [6.45, 7) is 6.08. The summed E-state index contributed by atoms with van der Waals surface area (Å²) in [6, 6.07) is 3.98. The van der Waals surface area contributed by atoms with Crippen molar-refractivity contribution in [3.63, 3.8) is 0 Å². The van der Waals surface area contributed by atoms with E-state index in [1.54, 1.807) is 11.3 Å². The lowest BCUT2D eigenvalue weighted by molar-refractivity contribution is -0.00417. The van der Waals surface area contributed by atoms with Gasteiger partial charge in [0.1, 0.15) is 0 Å². The number of hydrogen-bond donors (Lipinski definition) is 1. The number of Topliss-reactive ketones (excluding diaryl/α,β-unsaturated/α-hetero) is 1. The summed E-state index contributed by atoms with van der Waals surface area (Å²) < 4.78 is 0. The molecule has 4 heteroatoms. The van der Waals surface area contributed by atoms with E-state index >= 15 is 0 Å². The molecule has 0 atom stereocenters. The van der Waals surface area contributed by atoms with Gasteiger partial charge in [0.05, 0.1) is 17.0 Å². The molecule has 0 aliphatic carbocycles. The van der Waals surface area contributed by atoms with Gasteiger partial charge in [0.2, 0.25) is 0 Å². The van der Waals surface area contributed by atoms with E-state index in [2.05, 4.69) is 11.8 Å². The van der Waals surface area contributed by atoms with Crippen molar-refractivity contribution in [2.45, 2.75) is 38.7 Å². The molecule has 0 saturated carbocycles. The van der Waals surface area contributed by atoms with E-state index in [0.29, 0.717) is 6.54 Å². The molecular weight excluding hydrogens is 246 g/mol. The minimum Gasteiger partial charge on any atom is -0.390 e. The van der Waals surface area contributed by atoms with Gasteiger partial charge >= 0.3 is 0 Å². The van der Waals surface area contributed by atoms with Crippen LogP contribution in [0.4, 0.5) is 0 Å². The fourth-order valence-corrected chi connectivity index (χ4v) is 3.07. The molecule has 1 saturated heterocycles. The van der Waals surface area contributed by atoms with Gasteiger partial charge in [0, 0.05) is 18.0 Å². The molecule has 0 spiro atoms. The number of piperidine rings is 1. The first-order valence-corrected chi connectivity index (χ1v) is 7.38. The number of ketones is 1. The van der Waals surface area contributed by atoms with Crippen molar-refractivity contribution in [2.24, 2.45) is 0 Å². The molecule has 18 heavy (non-hydrogen) atoms. The van der Waals surface area contributed by atoms with E-state index in [1.807, 2.05) is 19.1 Å². The zero-order chi connectivity index (χ0) is 13.2. The molecule has 0 unspecified atom stereocenters. The smallest absolute Gasteiger partial charge is 0.186 e. The number of thiophene rings is 1. The molecule has 1 aromatic heterocycles. The van der Waals surface area contributed by atoms with Crippen molar-refractivity contribution in [3.8, 4) is 0 Å². The summed E-state index contributed by atoms with van der Waals surface area (Å²) in [5.41, 5.74) is -0.544. The van der Waals surface area contributed by atoms with Gasteiger partial charge in [-0.2, -0.15) is 0 Å². The maximum Gasteiger partial charge on any atom is 0.186 e. The van der Waals surface area contributed by atoms with Gasteiger partial charge in [-0.1, -0.05) is 6.92 Å². The predicted octanol–water partition coefficient (Wildman–Crippen LogP) is 2.34. The second-order valence-electron chi connectivity index (χ2n) is 5.32. The maximum absolute atomic E-state index is 12.1. The van der Waals surface area contributed by atoms with Crippen molar-refractivity contribution >= 4 is 17.1 Å². The lowest BCUT2D eigenvalue weighted by Gasteiger charge is -2.35. The van der Waals surface area contributed by atoms with E-state index in [0.717, 1.165) is 37.2 Å². The average molecular weight is 267 g/mol. The van der Waals surface area contributed by atoms with E-state index < -0.39 is 5.60 Å². The van der Waals surface area contributed by atoms with Gasteiger partial charge in [-0.15, -0.1) is 11.3 Å². The van der Waals surface area contributed by atoms with E-state index in [-0.39, 0.29) is 5.78 Å². The molecule has 0 bridgehead atoms. The summed E-state index contributed by atoms with van der Waals surface area (Å²) in [4.78, 5) is 16.4. The fourth-order valence-electron chi connectivity index (χ4n) is 2.19. The summed E-state index contributed by atoms with van der Waals surface area (Å²) in [6.07, 6.45) is 2.50. The van der Waals surface area contributed by atoms with Crippen molar-refractivity contribution in [1.29, 1.82) is 0 Å². The molecule has 0 radical (unpaired) electrons. The Morgan fingerprint density at radius 2 is 2.11 bits per heavy atom. The van der Waals surface area contributed by atoms with Crippen LogP contribution < -0.4 is 0 Å². The third kappa shape index (κ3) is 3.40. The van der Waals surface area contributed by atoms with Crippen molar-refractivity contribution in [2.75, 3.05) is 19.6 Å². The lowest BCUT2D eigenvalue weighted by atomic mass is 9.94. The molecule has 3 nitrogen and oxygen atoms in total. The van der Waals surface area contributed by atoms with Crippen LogP contribution in [0.1, 0.15) is 41.2 Å². The molecule has 1 aliphatic rings. The summed E-state index contributed by atoms with van der Waals surface area (Å²) in [7, 11) is 0. The Balaban J connectivity index is 1.88. The van der Waals surface area contributed by atoms with Crippen LogP contribution in [-0.2, 0) is 6.42 Å². The fraction of sp³-hybridized carbons (Fsp3) is 0.643. The third-order valence-corrected chi connectivity index (χ3v) is 4.86. The zero-order valence-corrected chi connectivity index (χ0v) is 11.9. The minimum atomic E-state index is -0.544. The van der Waals surface area contributed by atoms with Gasteiger partial charge in [0.25, 0.3) is 0 Å². The highest BCUT2D eigenvalue weighted by Gasteiger charge is 2.28. The quantitative estimate of drug-likeness (QED) is 0.851. The molecule has 1 fully saturated rings. The first-order valence-electron chi connectivity index (χ1n) is 6.57. The molecule has 0 amide bonds. The van der Waals surface area contributed by atoms with E-state index in [1.165, 1.54) is 4.88 Å². The largest absolute Gasteiger partial charge is 0.390 e. The normalized spacial score (nSPS) is 19.9. The summed E-state index contributed by atoms with van der Waals surface area (Å²) in [5.74, 6) is 0.209. The first kappa shape index (κ1) is 13.7. The molecule has 2 rings (SSSR count). The van der Waals surface area contributed by atoms with Crippen LogP contribution in [0.15, 0.2) is 12.1 Å². The highest BCUT2D eigenvalue weighted by Crippen LogP contribution is 2.22. The molecule has 2 heterocycles. The molecule has 1 aliphatic heterocycles. The van der Waals surface area contributed by atoms with Crippen LogP contribution in [-0.4, -0.2) is 41.0 Å². The number of hydrogen-bond acceptors (Lipinski definition) is 4. The van der Waals surface area contributed by atoms with Crippen LogP contribution in [0.5, 0.6) is 0 Å². The number of carbonyl (C=O) groups excluding carboxylic acids is 1. The van der Waals surface area contributed by atoms with Crippen LogP contribution in [0.25, 0.3) is 0 Å². The Morgan fingerprint density at radius 1 is 1.44 bits per heavy atom. The maximum atomic E-state index is 12.1.